The summed E-state index contributed by atoms with van der Waals surface area (Å²) in [7, 11) is -1.33. The van der Waals surface area contributed by atoms with Gasteiger partial charge < -0.3 is 5.32 Å². The molecule has 16 heavy (non-hydrogen) atoms. The van der Waals surface area contributed by atoms with Crippen LogP contribution in [-0.2, 0) is 16.6 Å². The van der Waals surface area contributed by atoms with E-state index in [1.807, 2.05) is 19.2 Å². The summed E-state index contributed by atoms with van der Waals surface area (Å²) in [5.41, 5.74) is 0. The molecule has 0 amide bonds. The highest BCUT2D eigenvalue weighted by Gasteiger charge is 2.09. The Kier molecular flexibility index (Phi) is 5.91. The van der Waals surface area contributed by atoms with Gasteiger partial charge in [0.2, 0.25) is 10.0 Å². The van der Waals surface area contributed by atoms with E-state index in [-0.39, 0.29) is 5.75 Å². The first-order chi connectivity index (χ1) is 7.53. The second-order valence-electron chi connectivity index (χ2n) is 3.30. The molecule has 0 unspecified atom stereocenters. The Bertz CT molecular complexity index is 417. The quantitative estimate of drug-likeness (QED) is 0.747. The Balaban J connectivity index is 2.36. The van der Waals surface area contributed by atoms with Crippen LogP contribution in [0.4, 0.5) is 0 Å². The standard InChI is InChI=1S/C9H15BrN2O2S2/c1-11-5-2-6-16(13,14)12-7-8-3-4-9(10)15-8/h3-4,11-12H,2,5-7H2,1H3. The van der Waals surface area contributed by atoms with E-state index in [1.165, 1.54) is 11.3 Å². The Morgan fingerprint density at radius 3 is 2.75 bits per heavy atom. The summed E-state index contributed by atoms with van der Waals surface area (Å²) in [6.45, 7) is 1.09. The molecule has 1 aromatic rings. The highest BCUT2D eigenvalue weighted by molar-refractivity contribution is 9.11. The molecule has 0 aliphatic carbocycles. The van der Waals surface area contributed by atoms with Gasteiger partial charge in [-0.15, -0.1) is 11.3 Å². The monoisotopic (exact) mass is 326 g/mol. The van der Waals surface area contributed by atoms with E-state index in [4.69, 9.17) is 0 Å². The molecule has 4 nitrogen and oxygen atoms in total. The van der Waals surface area contributed by atoms with Crippen molar-refractivity contribution in [2.75, 3.05) is 19.3 Å². The molecule has 0 fully saturated rings. The minimum atomic E-state index is -3.14. The molecule has 1 heterocycles. The molecule has 0 bridgehead atoms. The smallest absolute Gasteiger partial charge is 0.211 e. The number of halogens is 1. The van der Waals surface area contributed by atoms with Crippen molar-refractivity contribution in [2.24, 2.45) is 0 Å². The second kappa shape index (κ2) is 6.70. The van der Waals surface area contributed by atoms with E-state index >= 15 is 0 Å². The molecule has 0 saturated carbocycles. The average molecular weight is 327 g/mol. The first kappa shape index (κ1) is 14.1. The van der Waals surface area contributed by atoms with Crippen LogP contribution >= 0.6 is 27.3 Å². The second-order valence-corrected chi connectivity index (χ2v) is 7.78. The zero-order chi connectivity index (χ0) is 12.0. The SMILES string of the molecule is CNCCCS(=O)(=O)NCc1ccc(Br)s1. The number of nitrogens with one attached hydrogen (secondary N) is 2. The van der Waals surface area contributed by atoms with Crippen LogP contribution in [0, 0.1) is 0 Å². The average Bonchev–Trinajstić information content (AvgIpc) is 2.62. The van der Waals surface area contributed by atoms with Crippen LogP contribution in [0.1, 0.15) is 11.3 Å². The largest absolute Gasteiger partial charge is 0.320 e. The van der Waals surface area contributed by atoms with E-state index in [0.717, 1.165) is 8.66 Å². The summed E-state index contributed by atoms with van der Waals surface area (Å²) in [4.78, 5) is 1.00. The molecule has 2 N–H and O–H groups in total. The molecule has 0 spiro atoms. The molecule has 0 aromatic carbocycles. The van der Waals surface area contributed by atoms with Gasteiger partial charge in [0.15, 0.2) is 0 Å². The summed E-state index contributed by atoms with van der Waals surface area (Å²) in [6, 6.07) is 3.82. The van der Waals surface area contributed by atoms with E-state index < -0.39 is 10.0 Å². The zero-order valence-corrected chi connectivity index (χ0v) is 12.2. The van der Waals surface area contributed by atoms with Gasteiger partial charge in [0, 0.05) is 11.4 Å². The van der Waals surface area contributed by atoms with Crippen molar-refractivity contribution < 1.29 is 8.42 Å². The van der Waals surface area contributed by atoms with Crippen LogP contribution in [0.3, 0.4) is 0 Å². The third-order valence-electron chi connectivity index (χ3n) is 1.94. The third-order valence-corrected chi connectivity index (χ3v) is 4.97. The maximum Gasteiger partial charge on any atom is 0.211 e. The van der Waals surface area contributed by atoms with Crippen molar-refractivity contribution in [1.82, 2.24) is 10.0 Å². The number of rotatable bonds is 7. The van der Waals surface area contributed by atoms with Gasteiger partial charge in [-0.2, -0.15) is 0 Å². The lowest BCUT2D eigenvalue weighted by Crippen LogP contribution is -2.27. The van der Waals surface area contributed by atoms with Crippen LogP contribution < -0.4 is 10.0 Å². The Morgan fingerprint density at radius 1 is 1.44 bits per heavy atom. The molecule has 7 heteroatoms. The van der Waals surface area contributed by atoms with E-state index in [1.54, 1.807) is 0 Å². The molecule has 1 rings (SSSR count). The summed E-state index contributed by atoms with van der Waals surface area (Å²) < 4.78 is 26.7. The zero-order valence-electron chi connectivity index (χ0n) is 8.99. The van der Waals surface area contributed by atoms with Gasteiger partial charge in [0.25, 0.3) is 0 Å². The van der Waals surface area contributed by atoms with E-state index in [9.17, 15) is 8.42 Å². The van der Waals surface area contributed by atoms with Gasteiger partial charge in [-0.05, 0) is 48.1 Å². The Hall–Kier alpha value is 0.0500. The highest BCUT2D eigenvalue weighted by atomic mass is 79.9. The lowest BCUT2D eigenvalue weighted by molar-refractivity contribution is 0.577. The predicted molar refractivity (Wildman–Crippen MR) is 71.2 cm³/mol. The molecule has 1 aromatic heterocycles. The first-order valence-electron chi connectivity index (χ1n) is 4.89. The summed E-state index contributed by atoms with van der Waals surface area (Å²) >= 11 is 4.87. The van der Waals surface area contributed by atoms with Crippen LogP contribution in [0.15, 0.2) is 15.9 Å². The van der Waals surface area contributed by atoms with Crippen molar-refractivity contribution in [2.45, 2.75) is 13.0 Å². The van der Waals surface area contributed by atoms with Crippen molar-refractivity contribution in [3.63, 3.8) is 0 Å². The fourth-order valence-electron chi connectivity index (χ4n) is 1.14. The maximum absolute atomic E-state index is 11.5. The molecule has 92 valence electrons. The van der Waals surface area contributed by atoms with Gasteiger partial charge in [0.1, 0.15) is 0 Å². The van der Waals surface area contributed by atoms with Gasteiger partial charge in [0.05, 0.1) is 9.54 Å². The fourth-order valence-corrected chi connectivity index (χ4v) is 3.70. The Morgan fingerprint density at radius 2 is 2.19 bits per heavy atom. The third kappa shape index (κ3) is 5.40. The van der Waals surface area contributed by atoms with Crippen molar-refractivity contribution >= 4 is 37.3 Å². The lowest BCUT2D eigenvalue weighted by Gasteiger charge is -2.04. The van der Waals surface area contributed by atoms with Crippen molar-refractivity contribution in [1.29, 1.82) is 0 Å². The van der Waals surface area contributed by atoms with Crippen LogP contribution in [0.2, 0.25) is 0 Å². The van der Waals surface area contributed by atoms with E-state index in [2.05, 4.69) is 26.0 Å². The topological polar surface area (TPSA) is 58.2 Å². The van der Waals surface area contributed by atoms with E-state index in [0.29, 0.717) is 19.5 Å². The molecule has 0 aliphatic heterocycles. The number of sulfonamides is 1. The van der Waals surface area contributed by atoms with Crippen LogP contribution in [0.25, 0.3) is 0 Å². The van der Waals surface area contributed by atoms with Crippen LogP contribution in [-0.4, -0.2) is 27.8 Å². The summed E-state index contributed by atoms with van der Waals surface area (Å²) in [6.07, 6.45) is 0.625. The predicted octanol–water partition coefficient (Wildman–Crippen LogP) is 1.54. The maximum atomic E-state index is 11.5. The molecular weight excluding hydrogens is 312 g/mol. The van der Waals surface area contributed by atoms with Gasteiger partial charge >= 0.3 is 0 Å². The lowest BCUT2D eigenvalue weighted by atomic mass is 10.5. The molecule has 0 aliphatic rings. The number of hydrogen-bond acceptors (Lipinski definition) is 4. The first-order valence-corrected chi connectivity index (χ1v) is 8.16. The normalized spacial score (nSPS) is 11.9. The molecule has 0 atom stereocenters. The number of thiophene rings is 1. The fraction of sp³-hybridized carbons (Fsp3) is 0.556. The summed E-state index contributed by atoms with van der Waals surface area (Å²) in [5, 5.41) is 2.92. The number of hydrogen-bond donors (Lipinski definition) is 2. The molecule has 0 radical (unpaired) electrons. The molecular formula is C9H15BrN2O2S2. The van der Waals surface area contributed by atoms with Crippen molar-refractivity contribution in [3.8, 4) is 0 Å². The van der Waals surface area contributed by atoms with Gasteiger partial charge in [-0.1, -0.05) is 0 Å². The minimum Gasteiger partial charge on any atom is -0.320 e. The Labute approximate surface area is 109 Å². The van der Waals surface area contributed by atoms with Crippen molar-refractivity contribution in [3.05, 3.63) is 20.8 Å². The summed E-state index contributed by atoms with van der Waals surface area (Å²) in [5.74, 6) is 0.167. The van der Waals surface area contributed by atoms with Gasteiger partial charge in [-0.25, -0.2) is 13.1 Å². The highest BCUT2D eigenvalue weighted by Crippen LogP contribution is 2.21. The van der Waals surface area contributed by atoms with Crippen LogP contribution in [0.5, 0.6) is 0 Å². The van der Waals surface area contributed by atoms with Gasteiger partial charge in [-0.3, -0.25) is 0 Å². The minimum absolute atomic E-state index is 0.167. The molecule has 0 saturated heterocycles.